The van der Waals surface area contributed by atoms with Gasteiger partial charge in [-0.05, 0) is 61.4 Å². The van der Waals surface area contributed by atoms with E-state index in [1.54, 1.807) is 24.3 Å². The monoisotopic (exact) mass is 521 g/mol. The molecule has 1 atom stereocenters. The molecular formula is C25H26F3N3O4S. The summed E-state index contributed by atoms with van der Waals surface area (Å²) in [6, 6.07) is 14.1. The molecule has 0 aliphatic carbocycles. The first-order valence-corrected chi connectivity index (χ1v) is 12.7. The summed E-state index contributed by atoms with van der Waals surface area (Å²) in [5.41, 5.74) is 0.386. The number of alkyl halides is 3. The van der Waals surface area contributed by atoms with Crippen molar-refractivity contribution < 1.29 is 31.4 Å². The van der Waals surface area contributed by atoms with Crippen LogP contribution < -0.4 is 13.9 Å². The second-order valence-corrected chi connectivity index (χ2v) is 10.5. The molecule has 0 bridgehead atoms. The van der Waals surface area contributed by atoms with Gasteiger partial charge >= 0.3 is 6.18 Å². The molecule has 7 nitrogen and oxygen atoms in total. The lowest BCUT2D eigenvalue weighted by molar-refractivity contribution is -0.137. The molecule has 1 aliphatic heterocycles. The summed E-state index contributed by atoms with van der Waals surface area (Å²) >= 11 is 0. The zero-order valence-electron chi connectivity index (χ0n) is 19.7. The summed E-state index contributed by atoms with van der Waals surface area (Å²) in [5.74, 6) is 0.992. The van der Waals surface area contributed by atoms with E-state index < -0.39 is 32.8 Å². The van der Waals surface area contributed by atoms with Gasteiger partial charge in [-0.15, -0.1) is 0 Å². The van der Waals surface area contributed by atoms with E-state index in [-0.39, 0.29) is 24.6 Å². The molecule has 4 rings (SSSR count). The maximum atomic E-state index is 13.7. The Hall–Kier alpha value is -3.31. The number of nitrogens with zero attached hydrogens (tertiary/aromatic N) is 3. The highest BCUT2D eigenvalue weighted by Crippen LogP contribution is 2.41. The normalized spacial score (nSPS) is 15.8. The number of aliphatic hydroxyl groups is 1. The number of hydrogen-bond acceptors (Lipinski definition) is 6. The Morgan fingerprint density at radius 3 is 2.56 bits per heavy atom. The lowest BCUT2D eigenvalue weighted by Crippen LogP contribution is -2.43. The quantitative estimate of drug-likeness (QED) is 0.491. The maximum absolute atomic E-state index is 13.7. The fourth-order valence-corrected chi connectivity index (χ4v) is 5.51. The van der Waals surface area contributed by atoms with Crippen LogP contribution >= 0.6 is 0 Å². The first-order valence-electron chi connectivity index (χ1n) is 11.3. The Morgan fingerprint density at radius 2 is 1.86 bits per heavy atom. The molecule has 1 aromatic heterocycles. The first-order chi connectivity index (χ1) is 17.0. The molecule has 36 heavy (non-hydrogen) atoms. The van der Waals surface area contributed by atoms with Crippen molar-refractivity contribution in [3.05, 3.63) is 66.2 Å². The molecule has 0 fully saturated rings. The van der Waals surface area contributed by atoms with E-state index >= 15 is 0 Å². The molecule has 2 heterocycles. The number of anilines is 2. The third kappa shape index (κ3) is 5.26. The second-order valence-electron chi connectivity index (χ2n) is 8.63. The van der Waals surface area contributed by atoms with Crippen LogP contribution in [0.15, 0.2) is 65.6 Å². The predicted octanol–water partition coefficient (Wildman–Crippen LogP) is 4.56. The SMILES string of the molecule is CN(C)c1cccc(-c2ccc3c(c2)N(S(=O)(=O)c2cccc(C(F)(F)F)c2)C[C@H](CCCO)O3)n1. The topological polar surface area (TPSA) is 83.0 Å². The number of pyridine rings is 1. The second kappa shape index (κ2) is 9.98. The average molecular weight is 522 g/mol. The molecule has 192 valence electrons. The Kier molecular flexibility index (Phi) is 7.14. The lowest BCUT2D eigenvalue weighted by Gasteiger charge is -2.36. The molecular weight excluding hydrogens is 495 g/mol. The van der Waals surface area contributed by atoms with Gasteiger partial charge in [0.05, 0.1) is 28.4 Å². The van der Waals surface area contributed by atoms with Gasteiger partial charge in [-0.3, -0.25) is 4.31 Å². The number of aromatic nitrogens is 1. The van der Waals surface area contributed by atoms with Gasteiger partial charge in [-0.1, -0.05) is 12.1 Å². The lowest BCUT2D eigenvalue weighted by atomic mass is 10.1. The number of halogens is 3. The van der Waals surface area contributed by atoms with Gasteiger partial charge < -0.3 is 14.7 Å². The van der Waals surface area contributed by atoms with E-state index in [4.69, 9.17) is 4.74 Å². The van der Waals surface area contributed by atoms with Crippen LogP contribution in [0, 0.1) is 0 Å². The molecule has 3 aromatic rings. The summed E-state index contributed by atoms with van der Waals surface area (Å²) in [6.45, 7) is -0.208. The van der Waals surface area contributed by atoms with Crippen LogP contribution in [0.25, 0.3) is 11.3 Å². The third-order valence-electron chi connectivity index (χ3n) is 5.81. The van der Waals surface area contributed by atoms with Gasteiger partial charge in [0.2, 0.25) is 0 Å². The maximum Gasteiger partial charge on any atom is 0.416 e. The highest BCUT2D eigenvalue weighted by molar-refractivity contribution is 7.92. The van der Waals surface area contributed by atoms with E-state index in [1.807, 2.05) is 31.1 Å². The molecule has 1 aliphatic rings. The fraction of sp³-hybridized carbons (Fsp3) is 0.320. The van der Waals surface area contributed by atoms with Crippen molar-refractivity contribution >= 4 is 21.5 Å². The van der Waals surface area contributed by atoms with Crippen molar-refractivity contribution in [1.29, 1.82) is 0 Å². The highest BCUT2D eigenvalue weighted by Gasteiger charge is 2.37. The van der Waals surface area contributed by atoms with Crippen LogP contribution in [0.1, 0.15) is 18.4 Å². The van der Waals surface area contributed by atoms with Crippen LogP contribution in [0.3, 0.4) is 0 Å². The number of rotatable bonds is 7. The summed E-state index contributed by atoms with van der Waals surface area (Å²) in [6.07, 6.45) is -4.50. The molecule has 0 amide bonds. The van der Waals surface area contributed by atoms with E-state index in [0.717, 1.165) is 22.5 Å². The zero-order valence-corrected chi connectivity index (χ0v) is 20.6. The number of sulfonamides is 1. The zero-order chi connectivity index (χ0) is 26.1. The number of benzene rings is 2. The Labute approximate surface area is 207 Å². The molecule has 1 N–H and O–H groups in total. The van der Waals surface area contributed by atoms with Crippen molar-refractivity contribution in [1.82, 2.24) is 4.98 Å². The summed E-state index contributed by atoms with van der Waals surface area (Å²) < 4.78 is 74.3. The number of hydrogen-bond donors (Lipinski definition) is 1. The summed E-state index contributed by atoms with van der Waals surface area (Å²) in [4.78, 5) is 5.96. The van der Waals surface area contributed by atoms with E-state index in [0.29, 0.717) is 36.0 Å². The fourth-order valence-electron chi connectivity index (χ4n) is 3.96. The van der Waals surface area contributed by atoms with Crippen molar-refractivity contribution in [3.63, 3.8) is 0 Å². The third-order valence-corrected chi connectivity index (χ3v) is 7.59. The first kappa shape index (κ1) is 25.8. The van der Waals surface area contributed by atoms with Gasteiger partial charge in [0.1, 0.15) is 17.7 Å². The van der Waals surface area contributed by atoms with Crippen LogP contribution in [0.2, 0.25) is 0 Å². The average Bonchev–Trinajstić information content (AvgIpc) is 2.86. The van der Waals surface area contributed by atoms with Gasteiger partial charge in [-0.25, -0.2) is 13.4 Å². The van der Waals surface area contributed by atoms with Crippen molar-refractivity contribution in [2.75, 3.05) is 36.5 Å². The predicted molar refractivity (Wildman–Crippen MR) is 131 cm³/mol. The Balaban J connectivity index is 1.81. The van der Waals surface area contributed by atoms with E-state index in [2.05, 4.69) is 4.98 Å². The molecule has 0 unspecified atom stereocenters. The van der Waals surface area contributed by atoms with Gasteiger partial charge in [0.25, 0.3) is 10.0 Å². The van der Waals surface area contributed by atoms with Crippen LogP contribution in [-0.2, 0) is 16.2 Å². The smallest absolute Gasteiger partial charge is 0.416 e. The summed E-state index contributed by atoms with van der Waals surface area (Å²) in [7, 11) is -0.675. The molecule has 11 heteroatoms. The highest BCUT2D eigenvalue weighted by atomic mass is 32.2. The molecule has 0 radical (unpaired) electrons. The number of fused-ring (bicyclic) bond motifs is 1. The molecule has 0 spiro atoms. The van der Waals surface area contributed by atoms with Crippen molar-refractivity contribution in [2.45, 2.75) is 30.0 Å². The van der Waals surface area contributed by atoms with Crippen molar-refractivity contribution in [2.24, 2.45) is 0 Å². The van der Waals surface area contributed by atoms with Gasteiger partial charge in [0, 0.05) is 26.3 Å². The van der Waals surface area contributed by atoms with Crippen LogP contribution in [-0.4, -0.2) is 51.9 Å². The number of aliphatic hydroxyl groups excluding tert-OH is 1. The van der Waals surface area contributed by atoms with Crippen molar-refractivity contribution in [3.8, 4) is 17.0 Å². The Morgan fingerprint density at radius 1 is 1.11 bits per heavy atom. The van der Waals surface area contributed by atoms with E-state index in [1.165, 1.54) is 0 Å². The minimum absolute atomic E-state index is 0.0973. The largest absolute Gasteiger partial charge is 0.486 e. The van der Waals surface area contributed by atoms with E-state index in [9.17, 15) is 26.7 Å². The van der Waals surface area contributed by atoms with Crippen LogP contribution in [0.5, 0.6) is 5.75 Å². The number of ether oxygens (including phenoxy) is 1. The minimum Gasteiger partial charge on any atom is -0.486 e. The minimum atomic E-state index is -4.69. The summed E-state index contributed by atoms with van der Waals surface area (Å²) in [5, 5.41) is 9.22. The molecule has 0 saturated heterocycles. The standard InChI is InChI=1S/C25H26F3N3O4S/c1-30(2)24-10-4-9-21(29-24)17-11-12-23-22(14-17)31(16-19(35-23)7-5-13-32)36(33,34)20-8-3-6-18(15-20)25(26,27)28/h3-4,6,8-12,14-15,19,32H,5,7,13,16H2,1-2H3/t19-/m0/s1. The Bertz CT molecular complexity index is 1350. The van der Waals surface area contributed by atoms with Gasteiger partial charge in [-0.2, -0.15) is 13.2 Å². The van der Waals surface area contributed by atoms with Gasteiger partial charge in [0.15, 0.2) is 0 Å². The molecule has 2 aromatic carbocycles. The van der Waals surface area contributed by atoms with Crippen LogP contribution in [0.4, 0.5) is 24.7 Å². The molecule has 0 saturated carbocycles.